The average Bonchev–Trinajstić information content (AvgIpc) is 2.45. The van der Waals surface area contributed by atoms with Crippen molar-refractivity contribution < 1.29 is 9.53 Å². The van der Waals surface area contributed by atoms with Crippen LogP contribution in [0.4, 0.5) is 0 Å². The predicted molar refractivity (Wildman–Crippen MR) is 77.2 cm³/mol. The zero-order chi connectivity index (χ0) is 14.1. The number of rotatable bonds is 8. The summed E-state index contributed by atoms with van der Waals surface area (Å²) in [5, 5.41) is 5.99. The molecule has 0 aliphatic rings. The van der Waals surface area contributed by atoms with Gasteiger partial charge in [0.05, 0.1) is 19.7 Å². The summed E-state index contributed by atoms with van der Waals surface area (Å²) in [6.07, 6.45) is 2.58. The van der Waals surface area contributed by atoms with Crippen molar-refractivity contribution in [3.8, 4) is 5.75 Å². The molecule has 1 aromatic carbocycles. The third-order valence-electron chi connectivity index (χ3n) is 2.84. The summed E-state index contributed by atoms with van der Waals surface area (Å²) in [7, 11) is 1.64. The van der Waals surface area contributed by atoms with Crippen molar-refractivity contribution in [1.82, 2.24) is 10.6 Å². The number of hydrogen-bond donors (Lipinski definition) is 2. The lowest BCUT2D eigenvalue weighted by Gasteiger charge is -2.18. The van der Waals surface area contributed by atoms with Crippen LogP contribution >= 0.6 is 0 Å². The van der Waals surface area contributed by atoms with Crippen molar-refractivity contribution in [3.05, 3.63) is 42.5 Å². The molecule has 0 aliphatic heterocycles. The molecule has 0 saturated carbocycles. The third kappa shape index (κ3) is 5.14. The first-order chi connectivity index (χ1) is 9.21. The van der Waals surface area contributed by atoms with Gasteiger partial charge in [-0.25, -0.2) is 0 Å². The van der Waals surface area contributed by atoms with Crippen molar-refractivity contribution >= 4 is 5.91 Å². The van der Waals surface area contributed by atoms with Gasteiger partial charge in [0, 0.05) is 6.54 Å². The van der Waals surface area contributed by atoms with Crippen LogP contribution in [0.5, 0.6) is 5.75 Å². The van der Waals surface area contributed by atoms with E-state index in [0.29, 0.717) is 13.1 Å². The Morgan fingerprint density at radius 3 is 2.63 bits per heavy atom. The van der Waals surface area contributed by atoms with Crippen LogP contribution in [0.3, 0.4) is 0 Å². The Balaban J connectivity index is 2.56. The number of carbonyl (C=O) groups is 1. The number of benzene rings is 1. The minimum atomic E-state index is -0.00971. The highest BCUT2D eigenvalue weighted by atomic mass is 16.5. The molecule has 1 aromatic rings. The Morgan fingerprint density at radius 1 is 1.42 bits per heavy atom. The molecule has 0 aromatic heterocycles. The van der Waals surface area contributed by atoms with Gasteiger partial charge >= 0.3 is 0 Å². The highest BCUT2D eigenvalue weighted by Gasteiger charge is 2.12. The highest BCUT2D eigenvalue weighted by molar-refractivity contribution is 5.78. The maximum absolute atomic E-state index is 11.8. The Morgan fingerprint density at radius 2 is 2.11 bits per heavy atom. The molecule has 0 spiro atoms. The molecular weight excluding hydrogens is 240 g/mol. The van der Waals surface area contributed by atoms with E-state index in [1.165, 1.54) is 0 Å². The van der Waals surface area contributed by atoms with Gasteiger partial charge in [-0.05, 0) is 24.1 Å². The van der Waals surface area contributed by atoms with Crippen molar-refractivity contribution in [2.45, 2.75) is 19.4 Å². The number of methoxy groups -OCH3 is 1. The van der Waals surface area contributed by atoms with Crippen LogP contribution in [0.1, 0.15) is 24.9 Å². The van der Waals surface area contributed by atoms with E-state index in [-0.39, 0.29) is 11.9 Å². The predicted octanol–water partition coefficient (Wildman–Crippen LogP) is 2.04. The summed E-state index contributed by atoms with van der Waals surface area (Å²) in [6, 6.07) is 7.79. The quantitative estimate of drug-likeness (QED) is 0.557. The molecule has 0 bridgehead atoms. The number of carbonyl (C=O) groups excluding carboxylic acids is 1. The van der Waals surface area contributed by atoms with E-state index < -0.39 is 0 Å². The lowest BCUT2D eigenvalue weighted by Crippen LogP contribution is -2.36. The standard InChI is InChI=1S/C15H22N2O2/c1-4-10-16-11-15(18)17-14(5-2)12-6-8-13(19-3)9-7-12/h4,6-9,14,16H,1,5,10-11H2,2-3H3,(H,17,18). The zero-order valence-electron chi connectivity index (χ0n) is 11.6. The van der Waals surface area contributed by atoms with Gasteiger partial charge < -0.3 is 15.4 Å². The van der Waals surface area contributed by atoms with Crippen LogP contribution in [0.25, 0.3) is 0 Å². The molecule has 2 N–H and O–H groups in total. The summed E-state index contributed by atoms with van der Waals surface area (Å²) in [5.74, 6) is 0.807. The lowest BCUT2D eigenvalue weighted by atomic mass is 10.0. The van der Waals surface area contributed by atoms with E-state index in [4.69, 9.17) is 4.74 Å². The molecule has 4 heteroatoms. The first-order valence-corrected chi connectivity index (χ1v) is 6.46. The van der Waals surface area contributed by atoms with Gasteiger partial charge in [0.15, 0.2) is 0 Å². The number of hydrogen-bond acceptors (Lipinski definition) is 3. The second-order valence-electron chi connectivity index (χ2n) is 4.22. The lowest BCUT2D eigenvalue weighted by molar-refractivity contribution is -0.121. The SMILES string of the molecule is C=CCNCC(=O)NC(CC)c1ccc(OC)cc1. The van der Waals surface area contributed by atoms with Gasteiger partial charge in [0.25, 0.3) is 0 Å². The van der Waals surface area contributed by atoms with Crippen LogP contribution in [0.15, 0.2) is 36.9 Å². The third-order valence-corrected chi connectivity index (χ3v) is 2.84. The number of ether oxygens (including phenoxy) is 1. The topological polar surface area (TPSA) is 50.4 Å². The van der Waals surface area contributed by atoms with Crippen LogP contribution in [0.2, 0.25) is 0 Å². The van der Waals surface area contributed by atoms with Crippen LogP contribution < -0.4 is 15.4 Å². The van der Waals surface area contributed by atoms with Gasteiger partial charge in [-0.1, -0.05) is 25.1 Å². The minimum Gasteiger partial charge on any atom is -0.497 e. The van der Waals surface area contributed by atoms with Gasteiger partial charge in [-0.2, -0.15) is 0 Å². The minimum absolute atomic E-state index is 0.00971. The Labute approximate surface area is 114 Å². The molecule has 1 rings (SSSR count). The summed E-state index contributed by atoms with van der Waals surface area (Å²) in [4.78, 5) is 11.8. The van der Waals surface area contributed by atoms with Crippen molar-refractivity contribution in [3.63, 3.8) is 0 Å². The summed E-state index contributed by atoms with van der Waals surface area (Å²) >= 11 is 0. The first-order valence-electron chi connectivity index (χ1n) is 6.46. The molecule has 0 aliphatic carbocycles. The van der Waals surface area contributed by atoms with Crippen molar-refractivity contribution in [1.29, 1.82) is 0 Å². The van der Waals surface area contributed by atoms with Crippen LogP contribution in [-0.2, 0) is 4.79 Å². The van der Waals surface area contributed by atoms with E-state index in [9.17, 15) is 4.79 Å². The van der Waals surface area contributed by atoms with Gasteiger partial charge in [-0.3, -0.25) is 4.79 Å². The van der Waals surface area contributed by atoms with Crippen molar-refractivity contribution in [2.24, 2.45) is 0 Å². The maximum Gasteiger partial charge on any atom is 0.234 e. The largest absolute Gasteiger partial charge is 0.497 e. The van der Waals surface area contributed by atoms with Gasteiger partial charge in [-0.15, -0.1) is 6.58 Å². The molecule has 1 amide bonds. The summed E-state index contributed by atoms with van der Waals surface area (Å²) in [6.45, 7) is 6.58. The Bertz CT molecular complexity index is 401. The van der Waals surface area contributed by atoms with E-state index >= 15 is 0 Å². The van der Waals surface area contributed by atoms with E-state index in [2.05, 4.69) is 17.2 Å². The molecule has 0 fully saturated rings. The molecule has 4 nitrogen and oxygen atoms in total. The fraction of sp³-hybridized carbons (Fsp3) is 0.400. The van der Waals surface area contributed by atoms with Gasteiger partial charge in [0.2, 0.25) is 5.91 Å². The van der Waals surface area contributed by atoms with E-state index in [0.717, 1.165) is 17.7 Å². The molecule has 19 heavy (non-hydrogen) atoms. The van der Waals surface area contributed by atoms with Crippen LogP contribution in [-0.4, -0.2) is 26.1 Å². The number of nitrogens with one attached hydrogen (secondary N) is 2. The maximum atomic E-state index is 11.8. The normalized spacial score (nSPS) is 11.7. The fourth-order valence-electron chi connectivity index (χ4n) is 1.79. The molecule has 1 atom stereocenters. The fourth-order valence-corrected chi connectivity index (χ4v) is 1.79. The molecule has 1 unspecified atom stereocenters. The summed E-state index contributed by atoms with van der Waals surface area (Å²) < 4.78 is 5.12. The highest BCUT2D eigenvalue weighted by Crippen LogP contribution is 2.19. The molecular formula is C15H22N2O2. The zero-order valence-corrected chi connectivity index (χ0v) is 11.6. The van der Waals surface area contributed by atoms with Crippen molar-refractivity contribution in [2.75, 3.05) is 20.2 Å². The molecule has 0 saturated heterocycles. The smallest absolute Gasteiger partial charge is 0.234 e. The molecule has 0 radical (unpaired) electrons. The second-order valence-corrected chi connectivity index (χ2v) is 4.22. The molecule has 0 heterocycles. The van der Waals surface area contributed by atoms with E-state index in [1.54, 1.807) is 13.2 Å². The average molecular weight is 262 g/mol. The van der Waals surface area contributed by atoms with E-state index in [1.807, 2.05) is 31.2 Å². The van der Waals surface area contributed by atoms with Gasteiger partial charge in [0.1, 0.15) is 5.75 Å². The first kappa shape index (κ1) is 15.2. The summed E-state index contributed by atoms with van der Waals surface area (Å²) in [5.41, 5.74) is 1.08. The van der Waals surface area contributed by atoms with Crippen LogP contribution in [0, 0.1) is 0 Å². The Hall–Kier alpha value is -1.81. The monoisotopic (exact) mass is 262 g/mol. The Kier molecular flexibility index (Phi) is 6.68. The second kappa shape index (κ2) is 8.32. The molecule has 104 valence electrons. The number of amides is 1.